The normalized spacial score (nSPS) is 17.1. The number of hydrogen-bond acceptors (Lipinski definition) is 13. The van der Waals surface area contributed by atoms with Gasteiger partial charge >= 0.3 is 6.61 Å². The van der Waals surface area contributed by atoms with Crippen molar-refractivity contribution < 1.29 is 26.7 Å². The minimum Gasteiger partial charge on any atom is -0.355 e. The highest BCUT2D eigenvalue weighted by Gasteiger charge is 2.38. The van der Waals surface area contributed by atoms with Crippen LogP contribution in [0.3, 0.4) is 0 Å². The van der Waals surface area contributed by atoms with Gasteiger partial charge in [-0.05, 0) is 69.0 Å². The summed E-state index contributed by atoms with van der Waals surface area (Å²) < 4.78 is 59.7. The Bertz CT molecular complexity index is 2950. The van der Waals surface area contributed by atoms with E-state index < -0.39 is 34.2 Å². The van der Waals surface area contributed by atoms with Crippen LogP contribution in [0.15, 0.2) is 76.3 Å². The second kappa shape index (κ2) is 17.2. The van der Waals surface area contributed by atoms with Gasteiger partial charge in [-0.25, -0.2) is 23.1 Å². The summed E-state index contributed by atoms with van der Waals surface area (Å²) in [5.41, 5.74) is 2.17. The number of anilines is 1. The first-order valence-corrected chi connectivity index (χ1v) is 21.9. The molecule has 19 heteroatoms. The lowest BCUT2D eigenvalue weighted by atomic mass is 9.86. The number of benzene rings is 1. The van der Waals surface area contributed by atoms with Crippen LogP contribution in [-0.2, 0) is 21.3 Å². The topological polar surface area (TPSA) is 176 Å². The average Bonchev–Trinajstić information content (AvgIpc) is 3.68. The minimum atomic E-state index is -4.19. The van der Waals surface area contributed by atoms with Crippen LogP contribution in [0.2, 0.25) is 5.02 Å². The highest BCUT2D eigenvalue weighted by atomic mass is 35.5. The van der Waals surface area contributed by atoms with Crippen molar-refractivity contribution in [3.05, 3.63) is 104 Å². The van der Waals surface area contributed by atoms with E-state index in [1.807, 2.05) is 11.9 Å². The Labute approximate surface area is 357 Å². The molecule has 6 heterocycles. The molecule has 0 spiro atoms. The maximum Gasteiger partial charge on any atom is 0.345 e. The fourth-order valence-corrected chi connectivity index (χ4v) is 10.0. The number of carbonyl (C=O) groups excluding carboxylic acids is 1. The quantitative estimate of drug-likeness (QED) is 0.156. The number of nitrogens with zero attached hydrogens (tertiary/aromatic N) is 8. The number of ether oxygens (including phenoxy) is 1. The van der Waals surface area contributed by atoms with Gasteiger partial charge in [-0.2, -0.15) is 14.0 Å². The van der Waals surface area contributed by atoms with Crippen molar-refractivity contribution in [1.29, 1.82) is 5.26 Å². The van der Waals surface area contributed by atoms with Gasteiger partial charge < -0.3 is 14.5 Å². The molecule has 1 aliphatic heterocycles. The third kappa shape index (κ3) is 8.42. The van der Waals surface area contributed by atoms with Gasteiger partial charge in [0.1, 0.15) is 28.2 Å². The maximum absolute atomic E-state index is 14.2. The number of alkyl halides is 2. The standard InChI is InChI=1S/C42H36ClF2N9O5S2/c1-24-50-35-22-49-39(52(2)27-10-15-53(16-11-27)28-18-29(19-28)59-42(44)45)33(20-46)36(35)41(56)54(24)14-4-5-25-7-8-26(43)17-32(25)31-9-13-48-37-34(23-60-38(31)37)40(55)51-61(57,58)30-6-3-12-47-21-30/h3,6-9,12-13,17,21-23,27-29,42H,10-11,14-16,18-19H2,1-2H3,(H,51,55). The predicted molar refractivity (Wildman–Crippen MR) is 226 cm³/mol. The number of aromatic nitrogens is 5. The number of nitriles is 1. The summed E-state index contributed by atoms with van der Waals surface area (Å²) in [4.78, 5) is 49.0. The van der Waals surface area contributed by atoms with E-state index >= 15 is 0 Å². The average molecular weight is 884 g/mol. The Morgan fingerprint density at radius 3 is 2.64 bits per heavy atom. The number of thiophene rings is 1. The van der Waals surface area contributed by atoms with E-state index in [1.54, 1.807) is 31.2 Å². The van der Waals surface area contributed by atoms with E-state index in [9.17, 15) is 32.0 Å². The smallest absolute Gasteiger partial charge is 0.345 e. The molecular weight excluding hydrogens is 848 g/mol. The summed E-state index contributed by atoms with van der Waals surface area (Å²) in [6.45, 7) is 0.380. The Kier molecular flexibility index (Phi) is 11.8. The molecule has 312 valence electrons. The van der Waals surface area contributed by atoms with Crippen molar-refractivity contribution in [3.8, 4) is 29.0 Å². The molecule has 1 amide bonds. The van der Waals surface area contributed by atoms with Gasteiger partial charge in [0.15, 0.2) is 0 Å². The van der Waals surface area contributed by atoms with E-state index in [-0.39, 0.29) is 45.6 Å². The molecule has 1 N–H and O–H groups in total. The summed E-state index contributed by atoms with van der Waals surface area (Å²) >= 11 is 7.69. The number of likely N-dealkylation sites (tertiary alicyclic amines) is 1. The van der Waals surface area contributed by atoms with E-state index in [1.165, 1.54) is 52.0 Å². The van der Waals surface area contributed by atoms with Crippen molar-refractivity contribution in [2.45, 2.75) is 68.8 Å². The lowest BCUT2D eigenvalue weighted by molar-refractivity contribution is -0.194. The van der Waals surface area contributed by atoms with Crippen LogP contribution in [0.25, 0.3) is 32.2 Å². The number of halogens is 3. The van der Waals surface area contributed by atoms with Gasteiger partial charge in [-0.15, -0.1) is 11.3 Å². The Hall–Kier alpha value is -5.89. The Balaban J connectivity index is 1.04. The van der Waals surface area contributed by atoms with E-state index in [0.29, 0.717) is 56.4 Å². The van der Waals surface area contributed by atoms with Crippen LogP contribution in [0, 0.1) is 30.1 Å². The molecule has 2 aliphatic rings. The number of aryl methyl sites for hydroxylation is 1. The highest BCUT2D eigenvalue weighted by molar-refractivity contribution is 7.90. The number of sulfonamides is 1. The van der Waals surface area contributed by atoms with Crippen LogP contribution in [-0.4, -0.2) is 88.7 Å². The molecule has 5 aromatic heterocycles. The third-order valence-electron chi connectivity index (χ3n) is 11.1. The van der Waals surface area contributed by atoms with E-state index in [2.05, 4.69) is 52.2 Å². The maximum atomic E-state index is 14.2. The minimum absolute atomic E-state index is 0.0367. The molecule has 1 saturated heterocycles. The first kappa shape index (κ1) is 41.8. The second-order valence-corrected chi connectivity index (χ2v) is 17.7. The molecule has 0 radical (unpaired) electrons. The number of piperidine rings is 1. The SMILES string of the molecule is Cc1nc2cnc(N(C)C3CCN(C4CC(OC(F)F)C4)CC3)c(C#N)c2c(=O)n1CC#Cc1ccc(Cl)cc1-c1ccnc2c(C(=O)NS(=O)(=O)c3cccnc3)csc12. The van der Waals surface area contributed by atoms with Crippen LogP contribution in [0.5, 0.6) is 0 Å². The first-order valence-electron chi connectivity index (χ1n) is 19.2. The summed E-state index contributed by atoms with van der Waals surface area (Å²) in [5.74, 6) is 6.16. The number of fused-ring (bicyclic) bond motifs is 2. The molecule has 61 heavy (non-hydrogen) atoms. The molecule has 6 aromatic rings. The van der Waals surface area contributed by atoms with Crippen LogP contribution >= 0.6 is 22.9 Å². The number of nitrogens with one attached hydrogen (secondary N) is 1. The Morgan fingerprint density at radius 1 is 1.13 bits per heavy atom. The van der Waals surface area contributed by atoms with Gasteiger partial charge in [-0.1, -0.05) is 23.4 Å². The fourth-order valence-electron chi connectivity index (χ4n) is 7.88. The monoisotopic (exact) mass is 883 g/mol. The number of rotatable bonds is 10. The van der Waals surface area contributed by atoms with Gasteiger partial charge in [0.05, 0.1) is 45.5 Å². The van der Waals surface area contributed by atoms with Crippen molar-refractivity contribution in [1.82, 2.24) is 34.1 Å². The molecule has 2 fully saturated rings. The number of pyridine rings is 3. The molecule has 0 unspecified atom stereocenters. The van der Waals surface area contributed by atoms with Gasteiger partial charge in [0.25, 0.3) is 21.5 Å². The number of amides is 1. The first-order chi connectivity index (χ1) is 29.3. The molecule has 14 nitrogen and oxygen atoms in total. The molecule has 0 bridgehead atoms. The molecular formula is C42H36ClF2N9O5S2. The molecule has 8 rings (SSSR count). The highest BCUT2D eigenvalue weighted by Crippen LogP contribution is 2.37. The fraction of sp³-hybridized carbons (Fsp3) is 0.310. The molecule has 1 aromatic carbocycles. The summed E-state index contributed by atoms with van der Waals surface area (Å²) in [6.07, 6.45) is 7.87. The molecule has 1 aliphatic carbocycles. The largest absolute Gasteiger partial charge is 0.355 e. The predicted octanol–water partition coefficient (Wildman–Crippen LogP) is 6.14. The summed E-state index contributed by atoms with van der Waals surface area (Å²) in [6, 6.07) is 12.1. The van der Waals surface area contributed by atoms with E-state index in [0.717, 1.165) is 32.1 Å². The zero-order chi connectivity index (χ0) is 43.0. The van der Waals surface area contributed by atoms with Crippen molar-refractivity contribution >= 4 is 65.8 Å². The third-order valence-corrected chi connectivity index (χ3v) is 13.7. The van der Waals surface area contributed by atoms with Gasteiger partial charge in [-0.3, -0.25) is 24.1 Å². The number of carbonyl (C=O) groups is 1. The summed E-state index contributed by atoms with van der Waals surface area (Å²) in [7, 11) is -2.33. The lowest BCUT2D eigenvalue weighted by Gasteiger charge is -2.46. The molecule has 1 saturated carbocycles. The summed E-state index contributed by atoms with van der Waals surface area (Å²) in [5, 5.41) is 12.5. The van der Waals surface area contributed by atoms with Gasteiger partial charge in [0, 0.05) is 77.9 Å². The van der Waals surface area contributed by atoms with Crippen molar-refractivity contribution in [2.75, 3.05) is 25.0 Å². The van der Waals surface area contributed by atoms with Crippen molar-refractivity contribution in [3.63, 3.8) is 0 Å². The zero-order valence-corrected chi connectivity index (χ0v) is 35.1. The van der Waals surface area contributed by atoms with Crippen LogP contribution in [0.1, 0.15) is 53.0 Å². The van der Waals surface area contributed by atoms with E-state index in [4.69, 9.17) is 11.6 Å². The molecule has 0 atom stereocenters. The lowest BCUT2D eigenvalue weighted by Crippen LogP contribution is -2.53. The Morgan fingerprint density at radius 2 is 1.92 bits per heavy atom. The van der Waals surface area contributed by atoms with Crippen LogP contribution in [0.4, 0.5) is 14.6 Å². The zero-order valence-electron chi connectivity index (χ0n) is 32.7. The number of hydrogen-bond donors (Lipinski definition) is 1. The van der Waals surface area contributed by atoms with Gasteiger partial charge in [0.2, 0.25) is 0 Å². The second-order valence-electron chi connectivity index (χ2n) is 14.7. The van der Waals surface area contributed by atoms with Crippen molar-refractivity contribution in [2.24, 2.45) is 0 Å². The van der Waals surface area contributed by atoms with Crippen LogP contribution < -0.4 is 15.2 Å².